The number of benzene rings is 2. The summed E-state index contributed by atoms with van der Waals surface area (Å²) in [6.45, 7) is 0.0910. The Bertz CT molecular complexity index is 935. The summed E-state index contributed by atoms with van der Waals surface area (Å²) < 4.78 is 20.4. The Morgan fingerprint density at radius 3 is 2.36 bits per heavy atom. The SMILES string of the molecule is N[C@@]1(C(=O)O)C(OCc2ccccc2-c2ccccc2)CC2C1[C@@]2(F)C(=O)O. The van der Waals surface area contributed by atoms with Crippen molar-refractivity contribution in [2.45, 2.75) is 30.3 Å². The van der Waals surface area contributed by atoms with E-state index in [1.807, 2.05) is 54.6 Å². The summed E-state index contributed by atoms with van der Waals surface area (Å²) in [6.07, 6.45) is -1.00. The van der Waals surface area contributed by atoms with Crippen LogP contribution >= 0.6 is 0 Å². The first-order valence-corrected chi connectivity index (χ1v) is 9.00. The third-order valence-corrected chi connectivity index (χ3v) is 6.04. The van der Waals surface area contributed by atoms with Gasteiger partial charge in [-0.15, -0.1) is 0 Å². The van der Waals surface area contributed by atoms with E-state index in [-0.39, 0.29) is 13.0 Å². The van der Waals surface area contributed by atoms with E-state index in [4.69, 9.17) is 15.6 Å². The number of ether oxygens (including phenoxy) is 1. The number of fused-ring (bicyclic) bond motifs is 1. The molecule has 2 aliphatic rings. The Hall–Kier alpha value is -2.77. The summed E-state index contributed by atoms with van der Waals surface area (Å²) in [7, 11) is 0. The van der Waals surface area contributed by atoms with Gasteiger partial charge >= 0.3 is 11.9 Å². The fourth-order valence-electron chi connectivity index (χ4n) is 4.54. The number of nitrogens with two attached hydrogens (primary N) is 1. The lowest BCUT2D eigenvalue weighted by Crippen LogP contribution is -2.60. The monoisotopic (exact) mass is 385 g/mol. The first kappa shape index (κ1) is 18.6. The standard InChI is InChI=1S/C21H20FNO5/c22-20(18(24)25)15-10-16(21(23,17(15)20)19(26)27)28-11-13-8-4-5-9-14(13)12-6-2-1-3-7-12/h1-9,15-17H,10-11,23H2,(H,24,25)(H,26,27)/t15?,16?,17?,20-,21+/m1/s1. The van der Waals surface area contributed by atoms with Crippen molar-refractivity contribution in [1.82, 2.24) is 0 Å². The lowest BCUT2D eigenvalue weighted by Gasteiger charge is -2.31. The topological polar surface area (TPSA) is 110 Å². The maximum atomic E-state index is 14.6. The molecule has 0 amide bonds. The summed E-state index contributed by atoms with van der Waals surface area (Å²) in [5, 5.41) is 18.7. The Morgan fingerprint density at radius 1 is 1.07 bits per heavy atom. The van der Waals surface area contributed by atoms with Crippen LogP contribution in [0.3, 0.4) is 0 Å². The van der Waals surface area contributed by atoms with Crippen molar-refractivity contribution in [3.63, 3.8) is 0 Å². The van der Waals surface area contributed by atoms with Gasteiger partial charge in [0.05, 0.1) is 12.7 Å². The second-order valence-corrected chi connectivity index (χ2v) is 7.45. The molecule has 0 heterocycles. The molecule has 7 heteroatoms. The van der Waals surface area contributed by atoms with E-state index in [1.165, 1.54) is 0 Å². The van der Waals surface area contributed by atoms with Crippen LogP contribution in [0, 0.1) is 11.8 Å². The highest BCUT2D eigenvalue weighted by molar-refractivity contribution is 5.90. The average Bonchev–Trinajstić information content (AvgIpc) is 3.17. The molecule has 146 valence electrons. The number of hydrogen-bond donors (Lipinski definition) is 3. The van der Waals surface area contributed by atoms with Gasteiger partial charge in [-0.2, -0.15) is 0 Å². The molecule has 2 aliphatic carbocycles. The lowest BCUT2D eigenvalue weighted by atomic mass is 9.88. The molecule has 2 aromatic rings. The van der Waals surface area contributed by atoms with Crippen LogP contribution in [0.5, 0.6) is 0 Å². The molecule has 2 aromatic carbocycles. The van der Waals surface area contributed by atoms with Crippen molar-refractivity contribution in [2.24, 2.45) is 17.6 Å². The molecule has 0 radical (unpaired) electrons. The Balaban J connectivity index is 1.56. The van der Waals surface area contributed by atoms with Gasteiger partial charge in [0.15, 0.2) is 0 Å². The molecule has 0 saturated heterocycles. The summed E-state index contributed by atoms with van der Waals surface area (Å²) in [6, 6.07) is 17.2. The van der Waals surface area contributed by atoms with Crippen molar-refractivity contribution in [3.8, 4) is 11.1 Å². The minimum absolute atomic E-state index is 0.0379. The fraction of sp³-hybridized carbons (Fsp3) is 0.333. The van der Waals surface area contributed by atoms with Crippen molar-refractivity contribution >= 4 is 11.9 Å². The third-order valence-electron chi connectivity index (χ3n) is 6.04. The average molecular weight is 385 g/mol. The highest BCUT2D eigenvalue weighted by atomic mass is 19.1. The van der Waals surface area contributed by atoms with Gasteiger partial charge in [0, 0.05) is 11.8 Å². The van der Waals surface area contributed by atoms with Gasteiger partial charge in [-0.1, -0.05) is 54.6 Å². The maximum Gasteiger partial charge on any atom is 0.342 e. The van der Waals surface area contributed by atoms with Crippen molar-refractivity contribution in [2.75, 3.05) is 0 Å². The minimum atomic E-state index is -2.59. The van der Waals surface area contributed by atoms with Crippen molar-refractivity contribution in [1.29, 1.82) is 0 Å². The van der Waals surface area contributed by atoms with Gasteiger partial charge in [-0.25, -0.2) is 9.18 Å². The molecular weight excluding hydrogens is 365 g/mol. The zero-order chi connectivity index (χ0) is 20.1. The Labute approximate surface area is 160 Å². The number of carbonyl (C=O) groups is 2. The number of alkyl halides is 1. The van der Waals surface area contributed by atoms with E-state index < -0.39 is 41.1 Å². The zero-order valence-electron chi connectivity index (χ0n) is 14.9. The Kier molecular flexibility index (Phi) is 4.24. The molecule has 2 fully saturated rings. The molecule has 5 atom stereocenters. The molecule has 2 saturated carbocycles. The van der Waals surface area contributed by atoms with Gasteiger partial charge < -0.3 is 20.7 Å². The van der Waals surface area contributed by atoms with Crippen molar-refractivity contribution in [3.05, 3.63) is 60.2 Å². The maximum absolute atomic E-state index is 14.6. The molecule has 28 heavy (non-hydrogen) atoms. The molecule has 0 spiro atoms. The number of carboxylic acid groups (broad SMARTS) is 2. The van der Waals surface area contributed by atoms with E-state index in [1.54, 1.807) is 0 Å². The van der Waals surface area contributed by atoms with Crippen LogP contribution in [0.1, 0.15) is 12.0 Å². The van der Waals surface area contributed by atoms with Gasteiger partial charge in [-0.3, -0.25) is 4.79 Å². The second-order valence-electron chi connectivity index (χ2n) is 7.45. The summed E-state index contributed by atoms with van der Waals surface area (Å²) in [4.78, 5) is 23.0. The highest BCUT2D eigenvalue weighted by Gasteiger charge is 2.85. The van der Waals surface area contributed by atoms with Gasteiger partial charge in [-0.05, 0) is 23.1 Å². The third kappa shape index (κ3) is 2.54. The highest BCUT2D eigenvalue weighted by Crippen LogP contribution is 2.67. The molecular formula is C21H20FNO5. The number of rotatable bonds is 6. The summed E-state index contributed by atoms with van der Waals surface area (Å²) in [5.41, 5.74) is 4.14. The predicted octanol–water partition coefficient (Wildman–Crippen LogP) is 2.46. The normalized spacial score (nSPS) is 33.3. The van der Waals surface area contributed by atoms with Crippen LogP contribution in [0.15, 0.2) is 54.6 Å². The van der Waals surface area contributed by atoms with Gasteiger partial charge in [0.25, 0.3) is 0 Å². The molecule has 0 bridgehead atoms. The Morgan fingerprint density at radius 2 is 1.71 bits per heavy atom. The lowest BCUT2D eigenvalue weighted by molar-refractivity contribution is -0.156. The van der Waals surface area contributed by atoms with Crippen LogP contribution in [0.2, 0.25) is 0 Å². The first-order valence-electron chi connectivity index (χ1n) is 9.00. The van der Waals surface area contributed by atoms with Gasteiger partial charge in [0.2, 0.25) is 5.67 Å². The van der Waals surface area contributed by atoms with Crippen molar-refractivity contribution < 1.29 is 28.9 Å². The zero-order valence-corrected chi connectivity index (χ0v) is 14.9. The van der Waals surface area contributed by atoms with E-state index >= 15 is 0 Å². The molecule has 0 aromatic heterocycles. The van der Waals surface area contributed by atoms with E-state index in [9.17, 15) is 19.1 Å². The quantitative estimate of drug-likeness (QED) is 0.705. The molecule has 6 nitrogen and oxygen atoms in total. The first-order chi connectivity index (χ1) is 13.3. The minimum Gasteiger partial charge on any atom is -0.480 e. The van der Waals surface area contributed by atoms with Crippen LogP contribution in [0.4, 0.5) is 4.39 Å². The fourth-order valence-corrected chi connectivity index (χ4v) is 4.54. The van der Waals surface area contributed by atoms with E-state index in [2.05, 4.69) is 0 Å². The number of hydrogen-bond acceptors (Lipinski definition) is 4. The molecule has 4 rings (SSSR count). The predicted molar refractivity (Wildman–Crippen MR) is 98.1 cm³/mol. The van der Waals surface area contributed by atoms with Crippen LogP contribution in [-0.4, -0.2) is 39.5 Å². The van der Waals surface area contributed by atoms with Crippen LogP contribution < -0.4 is 5.73 Å². The van der Waals surface area contributed by atoms with Crippen LogP contribution in [0.25, 0.3) is 11.1 Å². The van der Waals surface area contributed by atoms with Crippen LogP contribution in [-0.2, 0) is 20.9 Å². The largest absolute Gasteiger partial charge is 0.480 e. The smallest absolute Gasteiger partial charge is 0.342 e. The van der Waals surface area contributed by atoms with E-state index in [0.29, 0.717) is 0 Å². The van der Waals surface area contributed by atoms with Gasteiger partial charge in [0.1, 0.15) is 5.54 Å². The molecule has 0 aliphatic heterocycles. The van der Waals surface area contributed by atoms with E-state index in [0.717, 1.165) is 16.7 Å². The second kappa shape index (κ2) is 6.39. The number of carboxylic acids is 2. The molecule has 4 N–H and O–H groups in total. The summed E-state index contributed by atoms with van der Waals surface area (Å²) in [5.74, 6) is -5.33. The molecule has 3 unspecified atom stereocenters. The number of aliphatic carboxylic acids is 2. The number of halogens is 1. The summed E-state index contributed by atoms with van der Waals surface area (Å²) >= 11 is 0.